The normalized spacial score (nSPS) is 30.0. The van der Waals surface area contributed by atoms with Gasteiger partial charge in [0.1, 0.15) is 0 Å². The van der Waals surface area contributed by atoms with Crippen LogP contribution in [-0.4, -0.2) is 6.21 Å². The van der Waals surface area contributed by atoms with Crippen LogP contribution in [0.25, 0.3) is 0 Å². The number of rotatable bonds is 1. The monoisotopic (exact) mass is 134 g/mol. The van der Waals surface area contributed by atoms with E-state index in [1.54, 1.807) is 12.4 Å². The third-order valence-electron chi connectivity index (χ3n) is 1.85. The largest absolute Gasteiger partial charge is 0.268 e. The second-order valence-corrected chi connectivity index (χ2v) is 2.49. The summed E-state index contributed by atoms with van der Waals surface area (Å²) in [7, 11) is 0. The van der Waals surface area contributed by atoms with Gasteiger partial charge >= 0.3 is 0 Å². The van der Waals surface area contributed by atoms with Crippen molar-refractivity contribution >= 4 is 6.21 Å². The van der Waals surface area contributed by atoms with E-state index in [4.69, 9.17) is 5.26 Å². The van der Waals surface area contributed by atoms with Gasteiger partial charge in [-0.3, -0.25) is 4.99 Å². The first-order valence-electron chi connectivity index (χ1n) is 3.43. The Kier molecular flexibility index (Phi) is 1.86. The summed E-state index contributed by atoms with van der Waals surface area (Å²) in [5.41, 5.74) is -0.311. The molecular formula is C8H10N2. The molecule has 1 heterocycles. The summed E-state index contributed by atoms with van der Waals surface area (Å²) in [6, 6.07) is 2.27. The molecule has 2 heteroatoms. The molecule has 2 nitrogen and oxygen atoms in total. The maximum Gasteiger partial charge on any atom is 0.0956 e. The molecule has 0 N–H and O–H groups in total. The van der Waals surface area contributed by atoms with Crippen molar-refractivity contribution in [3.05, 3.63) is 12.3 Å². The fourth-order valence-corrected chi connectivity index (χ4v) is 0.951. The summed E-state index contributed by atoms with van der Waals surface area (Å²) in [6.07, 6.45) is 7.08. The lowest BCUT2D eigenvalue weighted by Gasteiger charge is -2.19. The average Bonchev–Trinajstić information content (AvgIpc) is 2.06. The molecule has 0 spiro atoms. The van der Waals surface area contributed by atoms with E-state index in [2.05, 4.69) is 11.1 Å². The molecule has 0 amide bonds. The second-order valence-electron chi connectivity index (χ2n) is 2.49. The lowest BCUT2D eigenvalue weighted by molar-refractivity contribution is 0.542. The lowest BCUT2D eigenvalue weighted by Crippen LogP contribution is -2.19. The maximum absolute atomic E-state index is 8.77. The molecule has 0 radical (unpaired) electrons. The highest BCUT2D eigenvalue weighted by atomic mass is 14.7. The Morgan fingerprint density at radius 1 is 1.80 bits per heavy atom. The van der Waals surface area contributed by atoms with Crippen molar-refractivity contribution in [3.8, 4) is 6.07 Å². The number of hydrogen-bond acceptors (Lipinski definition) is 2. The molecule has 1 rings (SSSR count). The van der Waals surface area contributed by atoms with Crippen LogP contribution >= 0.6 is 0 Å². The van der Waals surface area contributed by atoms with Gasteiger partial charge in [0.25, 0.3) is 0 Å². The molecular weight excluding hydrogens is 124 g/mol. The lowest BCUT2D eigenvalue weighted by atomic mass is 9.84. The molecule has 1 unspecified atom stereocenters. The van der Waals surface area contributed by atoms with Crippen molar-refractivity contribution in [2.45, 2.75) is 19.8 Å². The zero-order valence-electron chi connectivity index (χ0n) is 6.04. The van der Waals surface area contributed by atoms with Crippen LogP contribution < -0.4 is 0 Å². The molecule has 0 saturated heterocycles. The number of allylic oxidation sites excluding steroid dienone is 1. The van der Waals surface area contributed by atoms with Crippen LogP contribution in [-0.2, 0) is 0 Å². The fourth-order valence-electron chi connectivity index (χ4n) is 0.951. The summed E-state index contributed by atoms with van der Waals surface area (Å²) in [4.78, 5) is 3.94. The van der Waals surface area contributed by atoms with Gasteiger partial charge in [-0.25, -0.2) is 0 Å². The van der Waals surface area contributed by atoms with E-state index < -0.39 is 0 Å². The zero-order valence-corrected chi connectivity index (χ0v) is 6.04. The SMILES string of the molecule is CCC1(C#N)C=NC=CC1. The Balaban J connectivity index is 2.79. The summed E-state index contributed by atoms with van der Waals surface area (Å²) in [6.45, 7) is 2.01. The molecule has 10 heavy (non-hydrogen) atoms. The van der Waals surface area contributed by atoms with Crippen LogP contribution in [0.15, 0.2) is 17.3 Å². The quantitative estimate of drug-likeness (QED) is 0.539. The highest BCUT2D eigenvalue weighted by Gasteiger charge is 2.25. The van der Waals surface area contributed by atoms with Gasteiger partial charge in [-0.1, -0.05) is 13.0 Å². The predicted molar refractivity (Wildman–Crippen MR) is 40.6 cm³/mol. The topological polar surface area (TPSA) is 36.1 Å². The van der Waals surface area contributed by atoms with Crippen LogP contribution in [0.2, 0.25) is 0 Å². The molecule has 1 aliphatic heterocycles. The van der Waals surface area contributed by atoms with Crippen molar-refractivity contribution in [2.24, 2.45) is 10.4 Å². The number of nitrogens with zero attached hydrogens (tertiary/aromatic N) is 2. The van der Waals surface area contributed by atoms with Crippen molar-refractivity contribution in [1.29, 1.82) is 5.26 Å². The van der Waals surface area contributed by atoms with Gasteiger partial charge < -0.3 is 0 Å². The van der Waals surface area contributed by atoms with Crippen molar-refractivity contribution in [2.75, 3.05) is 0 Å². The Hall–Kier alpha value is -1.10. The van der Waals surface area contributed by atoms with Gasteiger partial charge in [-0.15, -0.1) is 0 Å². The van der Waals surface area contributed by atoms with Crippen LogP contribution in [0.3, 0.4) is 0 Å². The summed E-state index contributed by atoms with van der Waals surface area (Å²) in [5.74, 6) is 0. The average molecular weight is 134 g/mol. The summed E-state index contributed by atoms with van der Waals surface area (Å²) < 4.78 is 0. The minimum atomic E-state index is -0.311. The van der Waals surface area contributed by atoms with Crippen LogP contribution in [0.1, 0.15) is 19.8 Å². The Morgan fingerprint density at radius 2 is 2.60 bits per heavy atom. The van der Waals surface area contributed by atoms with Crippen molar-refractivity contribution in [3.63, 3.8) is 0 Å². The van der Waals surface area contributed by atoms with Gasteiger partial charge in [0.2, 0.25) is 0 Å². The summed E-state index contributed by atoms with van der Waals surface area (Å²) in [5, 5.41) is 8.77. The second kappa shape index (κ2) is 2.66. The molecule has 0 bridgehead atoms. The van der Waals surface area contributed by atoms with Gasteiger partial charge in [-0.2, -0.15) is 5.26 Å². The van der Waals surface area contributed by atoms with E-state index >= 15 is 0 Å². The third-order valence-corrected chi connectivity index (χ3v) is 1.85. The first-order valence-corrected chi connectivity index (χ1v) is 3.43. The molecule has 0 fully saturated rings. The molecule has 0 aliphatic carbocycles. The van der Waals surface area contributed by atoms with E-state index in [1.807, 2.05) is 13.0 Å². The maximum atomic E-state index is 8.77. The Labute approximate surface area is 60.9 Å². The third kappa shape index (κ3) is 1.08. The standard InChI is InChI=1S/C8H10N2/c1-2-8(6-9)4-3-5-10-7-8/h3,5,7H,2,4H2,1H3. The van der Waals surface area contributed by atoms with Gasteiger partial charge in [0.05, 0.1) is 11.5 Å². The molecule has 0 saturated carbocycles. The number of aliphatic imine (C=N–C) groups is 1. The minimum absolute atomic E-state index is 0.311. The molecule has 0 aromatic rings. The van der Waals surface area contributed by atoms with Crippen LogP contribution in [0, 0.1) is 16.7 Å². The highest BCUT2D eigenvalue weighted by Crippen LogP contribution is 2.25. The molecule has 1 atom stereocenters. The van der Waals surface area contributed by atoms with Gasteiger partial charge in [0, 0.05) is 12.4 Å². The van der Waals surface area contributed by atoms with Crippen LogP contribution in [0.5, 0.6) is 0 Å². The Bertz CT molecular complexity index is 210. The van der Waals surface area contributed by atoms with E-state index in [9.17, 15) is 0 Å². The van der Waals surface area contributed by atoms with E-state index in [-0.39, 0.29) is 5.41 Å². The molecule has 52 valence electrons. The van der Waals surface area contributed by atoms with Crippen molar-refractivity contribution in [1.82, 2.24) is 0 Å². The molecule has 0 aromatic carbocycles. The predicted octanol–water partition coefficient (Wildman–Crippen LogP) is 1.89. The smallest absolute Gasteiger partial charge is 0.0956 e. The van der Waals surface area contributed by atoms with E-state index in [0.29, 0.717) is 0 Å². The fraction of sp³-hybridized carbons (Fsp3) is 0.500. The summed E-state index contributed by atoms with van der Waals surface area (Å²) >= 11 is 0. The van der Waals surface area contributed by atoms with Crippen LogP contribution in [0.4, 0.5) is 0 Å². The Morgan fingerprint density at radius 3 is 2.90 bits per heavy atom. The first-order chi connectivity index (χ1) is 4.83. The molecule has 0 aromatic heterocycles. The molecule has 1 aliphatic rings. The highest BCUT2D eigenvalue weighted by molar-refractivity contribution is 5.71. The zero-order chi connectivity index (χ0) is 7.45. The van der Waals surface area contributed by atoms with Gasteiger partial charge in [0.15, 0.2) is 0 Å². The minimum Gasteiger partial charge on any atom is -0.268 e. The van der Waals surface area contributed by atoms with E-state index in [0.717, 1.165) is 12.8 Å². The van der Waals surface area contributed by atoms with Gasteiger partial charge in [-0.05, 0) is 12.8 Å². The van der Waals surface area contributed by atoms with E-state index in [1.165, 1.54) is 0 Å². The first kappa shape index (κ1) is 7.01. The van der Waals surface area contributed by atoms with Crippen molar-refractivity contribution < 1.29 is 0 Å². The number of hydrogen-bond donors (Lipinski definition) is 0. The number of nitriles is 1.